The van der Waals surface area contributed by atoms with E-state index in [0.29, 0.717) is 5.69 Å². The molecule has 82 valence electrons. The molecule has 0 radical (unpaired) electrons. The van der Waals surface area contributed by atoms with Crippen molar-refractivity contribution < 1.29 is 9.90 Å². The molecule has 2 rings (SSSR count). The maximum atomic E-state index is 11.1. The van der Waals surface area contributed by atoms with Crippen molar-refractivity contribution in [3.05, 3.63) is 41.3 Å². The number of carboxylic acids is 1. The number of carbonyl (C=O) groups is 1. The van der Waals surface area contributed by atoms with E-state index in [9.17, 15) is 4.79 Å². The molecule has 0 bridgehead atoms. The summed E-state index contributed by atoms with van der Waals surface area (Å²) in [5, 5.41) is 9.09. The zero-order valence-corrected chi connectivity index (χ0v) is 9.11. The van der Waals surface area contributed by atoms with E-state index in [0.717, 1.165) is 17.0 Å². The molecule has 0 aliphatic heterocycles. The minimum absolute atomic E-state index is 0.286. The minimum Gasteiger partial charge on any atom is -0.478 e. The highest BCUT2D eigenvalue weighted by Crippen LogP contribution is 2.25. The van der Waals surface area contributed by atoms with Gasteiger partial charge < -0.3 is 10.1 Å². The van der Waals surface area contributed by atoms with Crippen LogP contribution in [0.15, 0.2) is 24.4 Å². The Labute approximate surface area is 93.0 Å². The third-order valence-corrected chi connectivity index (χ3v) is 2.46. The second kappa shape index (κ2) is 3.81. The first kappa shape index (κ1) is 10.4. The Hall–Kier alpha value is -2.10. The normalized spacial score (nSPS) is 10.4. The number of hydrogen-bond donors (Lipinski definition) is 2. The summed E-state index contributed by atoms with van der Waals surface area (Å²) in [6.07, 6.45) is 1.69. The molecular formula is C12H12N2O2. The van der Waals surface area contributed by atoms with Crippen LogP contribution in [0.3, 0.4) is 0 Å². The number of aromatic carboxylic acids is 1. The third kappa shape index (κ3) is 1.69. The number of hydrogen-bond acceptors (Lipinski definition) is 2. The highest BCUT2D eigenvalue weighted by atomic mass is 16.4. The molecule has 2 aromatic heterocycles. The summed E-state index contributed by atoms with van der Waals surface area (Å²) in [6, 6.07) is 5.29. The highest BCUT2D eigenvalue weighted by molar-refractivity contribution is 5.95. The number of nitrogens with zero attached hydrogens (tertiary/aromatic N) is 1. The summed E-state index contributed by atoms with van der Waals surface area (Å²) in [4.78, 5) is 18.3. The van der Waals surface area contributed by atoms with Crippen LogP contribution in [0.1, 0.15) is 21.7 Å². The zero-order chi connectivity index (χ0) is 11.7. The monoisotopic (exact) mass is 216 g/mol. The number of H-pyrrole nitrogens is 1. The zero-order valence-electron chi connectivity index (χ0n) is 9.11. The van der Waals surface area contributed by atoms with Crippen molar-refractivity contribution in [2.45, 2.75) is 13.8 Å². The van der Waals surface area contributed by atoms with Crippen molar-refractivity contribution in [1.29, 1.82) is 0 Å². The molecule has 2 N–H and O–H groups in total. The van der Waals surface area contributed by atoms with E-state index in [-0.39, 0.29) is 5.56 Å². The molecule has 4 nitrogen and oxygen atoms in total. The number of aryl methyl sites for hydroxylation is 2. The lowest BCUT2D eigenvalue weighted by Gasteiger charge is -2.03. The summed E-state index contributed by atoms with van der Waals surface area (Å²) >= 11 is 0. The van der Waals surface area contributed by atoms with Crippen LogP contribution in [0.4, 0.5) is 0 Å². The van der Waals surface area contributed by atoms with E-state index in [4.69, 9.17) is 5.11 Å². The van der Waals surface area contributed by atoms with Crippen molar-refractivity contribution >= 4 is 5.97 Å². The molecule has 0 aromatic carbocycles. The summed E-state index contributed by atoms with van der Waals surface area (Å²) in [6.45, 7) is 3.69. The Balaban J connectivity index is 2.64. The van der Waals surface area contributed by atoms with Gasteiger partial charge in [-0.05, 0) is 32.0 Å². The molecule has 0 aliphatic rings. The third-order valence-electron chi connectivity index (χ3n) is 2.46. The van der Waals surface area contributed by atoms with Crippen molar-refractivity contribution in [3.63, 3.8) is 0 Å². The molecule has 4 heteroatoms. The van der Waals surface area contributed by atoms with Crippen molar-refractivity contribution in [1.82, 2.24) is 9.97 Å². The SMILES string of the molecule is Cc1cc(C(=O)O)c(-c2cccnc2C)[nH]1. The van der Waals surface area contributed by atoms with E-state index >= 15 is 0 Å². The molecule has 0 saturated carbocycles. The standard InChI is InChI=1S/C12H12N2O2/c1-7-6-10(12(15)16)11(14-7)9-4-3-5-13-8(9)2/h3-6,14H,1-2H3,(H,15,16). The van der Waals surface area contributed by atoms with Crippen LogP contribution in [-0.2, 0) is 0 Å². The Kier molecular flexibility index (Phi) is 2.48. The second-order valence-corrected chi connectivity index (χ2v) is 3.68. The molecule has 0 aliphatic carbocycles. The Morgan fingerprint density at radius 3 is 2.81 bits per heavy atom. The molecule has 0 fully saturated rings. The van der Waals surface area contributed by atoms with E-state index in [1.807, 2.05) is 19.9 Å². The molecular weight excluding hydrogens is 204 g/mol. The Bertz CT molecular complexity index is 544. The van der Waals surface area contributed by atoms with Crippen molar-refractivity contribution in [3.8, 4) is 11.3 Å². The lowest BCUT2D eigenvalue weighted by molar-refractivity contribution is 0.0698. The summed E-state index contributed by atoms with van der Waals surface area (Å²) in [5.41, 5.74) is 3.37. The first-order chi connectivity index (χ1) is 7.59. The maximum absolute atomic E-state index is 11.1. The number of aromatic nitrogens is 2. The first-order valence-electron chi connectivity index (χ1n) is 4.94. The topological polar surface area (TPSA) is 66.0 Å². The minimum atomic E-state index is -0.928. The average Bonchev–Trinajstić information content (AvgIpc) is 2.61. The van der Waals surface area contributed by atoms with Gasteiger partial charge in [0.1, 0.15) is 0 Å². The lowest BCUT2D eigenvalue weighted by atomic mass is 10.1. The number of carboxylic acid groups (broad SMARTS) is 1. The number of rotatable bonds is 2. The van der Waals surface area contributed by atoms with E-state index in [1.165, 1.54) is 0 Å². The van der Waals surface area contributed by atoms with Gasteiger partial charge in [0, 0.05) is 23.1 Å². The van der Waals surface area contributed by atoms with Gasteiger partial charge in [-0.15, -0.1) is 0 Å². The van der Waals surface area contributed by atoms with Crippen LogP contribution < -0.4 is 0 Å². The summed E-state index contributed by atoms with van der Waals surface area (Å²) in [5.74, 6) is -0.928. The quantitative estimate of drug-likeness (QED) is 0.810. The highest BCUT2D eigenvalue weighted by Gasteiger charge is 2.16. The van der Waals surface area contributed by atoms with Crippen LogP contribution in [0, 0.1) is 13.8 Å². The van der Waals surface area contributed by atoms with Gasteiger partial charge in [-0.25, -0.2) is 4.79 Å². The molecule has 0 saturated heterocycles. The fourth-order valence-corrected chi connectivity index (χ4v) is 1.72. The molecule has 0 unspecified atom stereocenters. The lowest BCUT2D eigenvalue weighted by Crippen LogP contribution is -1.98. The fraction of sp³-hybridized carbons (Fsp3) is 0.167. The molecule has 2 aromatic rings. The predicted molar refractivity (Wildman–Crippen MR) is 60.5 cm³/mol. The van der Waals surface area contributed by atoms with Gasteiger partial charge >= 0.3 is 5.97 Å². The number of pyridine rings is 1. The summed E-state index contributed by atoms with van der Waals surface area (Å²) in [7, 11) is 0. The number of aromatic amines is 1. The molecule has 0 atom stereocenters. The Morgan fingerprint density at radius 1 is 1.44 bits per heavy atom. The van der Waals surface area contributed by atoms with Gasteiger partial charge in [-0.2, -0.15) is 0 Å². The van der Waals surface area contributed by atoms with Crippen LogP contribution in [-0.4, -0.2) is 21.0 Å². The van der Waals surface area contributed by atoms with Crippen LogP contribution >= 0.6 is 0 Å². The van der Waals surface area contributed by atoms with E-state index in [2.05, 4.69) is 9.97 Å². The van der Waals surface area contributed by atoms with Crippen LogP contribution in [0.25, 0.3) is 11.3 Å². The molecule has 0 spiro atoms. The molecule has 2 heterocycles. The Morgan fingerprint density at radius 2 is 2.19 bits per heavy atom. The fourth-order valence-electron chi connectivity index (χ4n) is 1.72. The van der Waals surface area contributed by atoms with Crippen LogP contribution in [0.2, 0.25) is 0 Å². The summed E-state index contributed by atoms with van der Waals surface area (Å²) < 4.78 is 0. The van der Waals surface area contributed by atoms with Crippen molar-refractivity contribution in [2.75, 3.05) is 0 Å². The smallest absolute Gasteiger partial charge is 0.337 e. The second-order valence-electron chi connectivity index (χ2n) is 3.68. The first-order valence-corrected chi connectivity index (χ1v) is 4.94. The maximum Gasteiger partial charge on any atom is 0.337 e. The molecule has 0 amide bonds. The van der Waals surface area contributed by atoms with Crippen LogP contribution in [0.5, 0.6) is 0 Å². The van der Waals surface area contributed by atoms with Crippen molar-refractivity contribution in [2.24, 2.45) is 0 Å². The van der Waals surface area contributed by atoms with E-state index < -0.39 is 5.97 Å². The number of nitrogens with one attached hydrogen (secondary N) is 1. The predicted octanol–water partition coefficient (Wildman–Crippen LogP) is 2.39. The average molecular weight is 216 g/mol. The van der Waals surface area contributed by atoms with Gasteiger partial charge in [-0.1, -0.05) is 0 Å². The van der Waals surface area contributed by atoms with Gasteiger partial charge in [0.2, 0.25) is 0 Å². The van der Waals surface area contributed by atoms with Gasteiger partial charge in [-0.3, -0.25) is 4.98 Å². The van der Waals surface area contributed by atoms with E-state index in [1.54, 1.807) is 18.3 Å². The van der Waals surface area contributed by atoms with Gasteiger partial charge in [0.15, 0.2) is 0 Å². The molecule has 16 heavy (non-hydrogen) atoms. The van der Waals surface area contributed by atoms with Gasteiger partial charge in [0.05, 0.1) is 11.3 Å². The largest absolute Gasteiger partial charge is 0.478 e. The van der Waals surface area contributed by atoms with Gasteiger partial charge in [0.25, 0.3) is 0 Å².